The number of thiophene rings is 1. The maximum Gasteiger partial charge on any atom is 0.228 e. The van der Waals surface area contributed by atoms with Gasteiger partial charge in [-0.1, -0.05) is 13.8 Å². The Hall–Kier alpha value is -1.34. The molecule has 0 radical (unpaired) electrons. The molecular weight excluding hydrogens is 208 g/mol. The normalized spacial score (nSPS) is 10.0. The van der Waals surface area contributed by atoms with Crippen molar-refractivity contribution >= 4 is 22.2 Å². The molecule has 1 rings (SSSR count). The number of carbonyl (C=O) groups is 1. The Morgan fingerprint density at radius 2 is 2.27 bits per heavy atom. The van der Waals surface area contributed by atoms with Gasteiger partial charge >= 0.3 is 0 Å². The summed E-state index contributed by atoms with van der Waals surface area (Å²) >= 11 is 1.39. The third-order valence-electron chi connectivity index (χ3n) is 2.38. The topological polar surface area (TPSA) is 52.9 Å². The summed E-state index contributed by atoms with van der Waals surface area (Å²) in [4.78, 5) is 11.7. The number of carbonyl (C=O) groups excluding carboxylic acids is 1. The zero-order valence-electron chi connectivity index (χ0n) is 8.91. The minimum atomic E-state index is 0.0129. The van der Waals surface area contributed by atoms with Crippen molar-refractivity contribution < 1.29 is 4.79 Å². The van der Waals surface area contributed by atoms with Gasteiger partial charge in [-0.2, -0.15) is 5.26 Å². The number of hydrogen-bond donors (Lipinski definition) is 1. The van der Waals surface area contributed by atoms with E-state index >= 15 is 0 Å². The zero-order valence-corrected chi connectivity index (χ0v) is 9.73. The van der Waals surface area contributed by atoms with E-state index in [9.17, 15) is 4.79 Å². The molecule has 0 bridgehead atoms. The van der Waals surface area contributed by atoms with Crippen LogP contribution in [-0.4, -0.2) is 5.91 Å². The Bertz CT molecular complexity index is 374. The van der Waals surface area contributed by atoms with Crippen LogP contribution in [0.15, 0.2) is 11.4 Å². The first-order chi connectivity index (χ1) is 7.22. The fourth-order valence-electron chi connectivity index (χ4n) is 1.37. The van der Waals surface area contributed by atoms with Gasteiger partial charge in [-0.3, -0.25) is 4.79 Å². The predicted molar refractivity (Wildman–Crippen MR) is 61.7 cm³/mol. The number of anilines is 1. The molecule has 0 aliphatic heterocycles. The number of nitrogens with zero attached hydrogens (tertiary/aromatic N) is 1. The van der Waals surface area contributed by atoms with Gasteiger partial charge in [0.05, 0.1) is 5.56 Å². The zero-order chi connectivity index (χ0) is 11.3. The second-order valence-electron chi connectivity index (χ2n) is 3.28. The quantitative estimate of drug-likeness (QED) is 0.851. The Kier molecular flexibility index (Phi) is 4.32. The number of amides is 1. The first kappa shape index (κ1) is 11.7. The SMILES string of the molecule is CCC(CC)C(=O)Nc1sccc1C#N. The van der Waals surface area contributed by atoms with Crippen LogP contribution in [0.2, 0.25) is 0 Å². The van der Waals surface area contributed by atoms with Crippen molar-refractivity contribution in [1.82, 2.24) is 0 Å². The summed E-state index contributed by atoms with van der Waals surface area (Å²) < 4.78 is 0. The molecular formula is C11H14N2OS. The molecule has 4 heteroatoms. The van der Waals surface area contributed by atoms with Crippen molar-refractivity contribution in [2.45, 2.75) is 26.7 Å². The van der Waals surface area contributed by atoms with Crippen LogP contribution < -0.4 is 5.32 Å². The smallest absolute Gasteiger partial charge is 0.228 e. The minimum Gasteiger partial charge on any atom is -0.316 e. The summed E-state index contributed by atoms with van der Waals surface area (Å²) in [6.07, 6.45) is 1.66. The highest BCUT2D eigenvalue weighted by molar-refractivity contribution is 7.14. The highest BCUT2D eigenvalue weighted by Gasteiger charge is 2.15. The van der Waals surface area contributed by atoms with E-state index in [0.29, 0.717) is 10.6 Å². The molecule has 0 saturated carbocycles. The average Bonchev–Trinajstić information content (AvgIpc) is 2.67. The van der Waals surface area contributed by atoms with Crippen molar-refractivity contribution in [1.29, 1.82) is 5.26 Å². The highest BCUT2D eigenvalue weighted by atomic mass is 32.1. The van der Waals surface area contributed by atoms with Gasteiger partial charge in [0.1, 0.15) is 11.1 Å². The molecule has 80 valence electrons. The fraction of sp³-hybridized carbons (Fsp3) is 0.455. The predicted octanol–water partition coefficient (Wildman–Crippen LogP) is 2.99. The molecule has 0 fully saturated rings. The number of nitrogens with one attached hydrogen (secondary N) is 1. The van der Waals surface area contributed by atoms with Gasteiger partial charge in [-0.05, 0) is 24.3 Å². The molecule has 0 aliphatic carbocycles. The van der Waals surface area contributed by atoms with Crippen molar-refractivity contribution in [2.75, 3.05) is 5.32 Å². The van der Waals surface area contributed by atoms with Crippen LogP contribution in [0, 0.1) is 17.2 Å². The fourth-order valence-corrected chi connectivity index (χ4v) is 2.11. The summed E-state index contributed by atoms with van der Waals surface area (Å²) in [6, 6.07) is 3.77. The third kappa shape index (κ3) is 2.80. The summed E-state index contributed by atoms with van der Waals surface area (Å²) in [5.74, 6) is 0.0533. The molecule has 1 amide bonds. The largest absolute Gasteiger partial charge is 0.316 e. The Morgan fingerprint density at radius 1 is 1.60 bits per heavy atom. The molecule has 0 atom stereocenters. The van der Waals surface area contributed by atoms with E-state index in [4.69, 9.17) is 5.26 Å². The molecule has 0 unspecified atom stereocenters. The number of rotatable bonds is 4. The van der Waals surface area contributed by atoms with E-state index in [1.54, 1.807) is 11.4 Å². The van der Waals surface area contributed by atoms with Gasteiger partial charge in [0.2, 0.25) is 5.91 Å². The highest BCUT2D eigenvalue weighted by Crippen LogP contribution is 2.23. The molecule has 1 N–H and O–H groups in total. The lowest BCUT2D eigenvalue weighted by Crippen LogP contribution is -2.21. The summed E-state index contributed by atoms with van der Waals surface area (Å²) in [5.41, 5.74) is 0.541. The third-order valence-corrected chi connectivity index (χ3v) is 3.21. The molecule has 3 nitrogen and oxygen atoms in total. The molecule has 0 spiro atoms. The Labute approximate surface area is 93.7 Å². The van der Waals surface area contributed by atoms with Crippen molar-refractivity contribution in [3.8, 4) is 6.07 Å². The molecule has 1 aromatic heterocycles. The van der Waals surface area contributed by atoms with Gasteiger partial charge in [-0.25, -0.2) is 0 Å². The van der Waals surface area contributed by atoms with Crippen molar-refractivity contribution in [2.24, 2.45) is 5.92 Å². The van der Waals surface area contributed by atoms with Crippen LogP contribution in [0.1, 0.15) is 32.3 Å². The Balaban J connectivity index is 2.70. The van der Waals surface area contributed by atoms with E-state index in [1.165, 1.54) is 11.3 Å². The summed E-state index contributed by atoms with van der Waals surface area (Å²) in [7, 11) is 0. The van der Waals surface area contributed by atoms with Crippen molar-refractivity contribution in [3.63, 3.8) is 0 Å². The van der Waals surface area contributed by atoms with Gasteiger partial charge in [0, 0.05) is 5.92 Å². The second kappa shape index (κ2) is 5.52. The monoisotopic (exact) mass is 222 g/mol. The van der Waals surface area contributed by atoms with E-state index in [0.717, 1.165) is 12.8 Å². The van der Waals surface area contributed by atoms with Crippen LogP contribution in [0.5, 0.6) is 0 Å². The van der Waals surface area contributed by atoms with Gasteiger partial charge in [0.25, 0.3) is 0 Å². The summed E-state index contributed by atoms with van der Waals surface area (Å²) in [6.45, 7) is 3.99. The van der Waals surface area contributed by atoms with E-state index in [1.807, 2.05) is 13.8 Å². The van der Waals surface area contributed by atoms with Gasteiger partial charge < -0.3 is 5.32 Å². The van der Waals surface area contributed by atoms with Crippen LogP contribution in [-0.2, 0) is 4.79 Å². The van der Waals surface area contributed by atoms with E-state index < -0.39 is 0 Å². The van der Waals surface area contributed by atoms with Crippen LogP contribution in [0.4, 0.5) is 5.00 Å². The van der Waals surface area contributed by atoms with Gasteiger partial charge in [-0.15, -0.1) is 11.3 Å². The molecule has 0 aromatic carbocycles. The van der Waals surface area contributed by atoms with Crippen LogP contribution in [0.25, 0.3) is 0 Å². The average molecular weight is 222 g/mol. The Morgan fingerprint density at radius 3 is 2.80 bits per heavy atom. The lowest BCUT2D eigenvalue weighted by molar-refractivity contribution is -0.120. The van der Waals surface area contributed by atoms with Crippen molar-refractivity contribution in [3.05, 3.63) is 17.0 Å². The molecule has 1 aromatic rings. The first-order valence-electron chi connectivity index (χ1n) is 5.01. The first-order valence-corrected chi connectivity index (χ1v) is 5.89. The number of nitriles is 1. The molecule has 0 saturated heterocycles. The van der Waals surface area contributed by atoms with E-state index in [-0.39, 0.29) is 11.8 Å². The van der Waals surface area contributed by atoms with E-state index in [2.05, 4.69) is 11.4 Å². The molecule has 1 heterocycles. The standard InChI is InChI=1S/C11H14N2OS/c1-3-8(4-2)10(14)13-11-9(7-12)5-6-15-11/h5-6,8H,3-4H2,1-2H3,(H,13,14). The van der Waals surface area contributed by atoms with Gasteiger partial charge in [0.15, 0.2) is 0 Å². The molecule has 0 aliphatic rings. The number of hydrogen-bond acceptors (Lipinski definition) is 3. The lowest BCUT2D eigenvalue weighted by Gasteiger charge is -2.11. The second-order valence-corrected chi connectivity index (χ2v) is 4.19. The van der Waals surface area contributed by atoms with Crippen LogP contribution >= 0.6 is 11.3 Å². The van der Waals surface area contributed by atoms with Crippen LogP contribution in [0.3, 0.4) is 0 Å². The summed E-state index contributed by atoms with van der Waals surface area (Å²) in [5, 5.41) is 14.0. The minimum absolute atomic E-state index is 0.0129. The maximum absolute atomic E-state index is 11.7. The molecule has 15 heavy (non-hydrogen) atoms. The maximum atomic E-state index is 11.7. The lowest BCUT2D eigenvalue weighted by atomic mass is 10.0.